The van der Waals surface area contributed by atoms with E-state index in [9.17, 15) is 27.9 Å². The summed E-state index contributed by atoms with van der Waals surface area (Å²) in [5, 5.41) is 9.96. The number of likely N-dealkylation sites (N-methyl/N-ethyl adjacent to an activating group) is 1. The van der Waals surface area contributed by atoms with Crippen molar-refractivity contribution in [1.29, 1.82) is 0 Å². The number of carbonyl (C=O) groups is 3. The van der Waals surface area contributed by atoms with Crippen molar-refractivity contribution in [3.05, 3.63) is 87.9 Å². The second-order valence-electron chi connectivity index (χ2n) is 8.12. The van der Waals surface area contributed by atoms with Crippen molar-refractivity contribution in [2.24, 2.45) is 0 Å². The highest BCUT2D eigenvalue weighted by Crippen LogP contribution is 2.32. The zero-order valence-corrected chi connectivity index (χ0v) is 21.6. The van der Waals surface area contributed by atoms with Crippen LogP contribution in [0.2, 0.25) is 10.0 Å². The van der Waals surface area contributed by atoms with Gasteiger partial charge < -0.3 is 9.84 Å². The van der Waals surface area contributed by atoms with Crippen molar-refractivity contribution in [2.75, 3.05) is 13.6 Å². The Morgan fingerprint density at radius 1 is 0.946 bits per heavy atom. The molecule has 3 aromatic carbocycles. The number of imide groups is 1. The van der Waals surface area contributed by atoms with Gasteiger partial charge in [0.05, 0.1) is 26.1 Å². The van der Waals surface area contributed by atoms with Crippen LogP contribution in [0.3, 0.4) is 0 Å². The first kappa shape index (κ1) is 26.6. The molecule has 0 radical (unpaired) electrons. The zero-order chi connectivity index (χ0) is 26.9. The third kappa shape index (κ3) is 5.33. The maximum Gasteiger partial charge on any atom is 0.322 e. The normalized spacial score (nSPS) is 14.1. The number of benzene rings is 3. The third-order valence-corrected chi connectivity index (χ3v) is 8.44. The van der Waals surface area contributed by atoms with Crippen LogP contribution >= 0.6 is 23.2 Å². The molecule has 1 unspecified atom stereocenters. The summed E-state index contributed by atoms with van der Waals surface area (Å²) in [5.41, 5.74) is 0.0927. The van der Waals surface area contributed by atoms with Gasteiger partial charge >= 0.3 is 5.97 Å². The average Bonchev–Trinajstić information content (AvgIpc) is 3.09. The van der Waals surface area contributed by atoms with Crippen molar-refractivity contribution < 1.29 is 32.6 Å². The molecule has 1 aliphatic rings. The van der Waals surface area contributed by atoms with Crippen LogP contribution in [0.25, 0.3) is 0 Å². The molecule has 3 aromatic rings. The van der Waals surface area contributed by atoms with E-state index in [1.165, 1.54) is 36.4 Å². The summed E-state index contributed by atoms with van der Waals surface area (Å²) in [4.78, 5) is 38.1. The molecule has 1 N–H and O–H groups in total. The smallest absolute Gasteiger partial charge is 0.322 e. The van der Waals surface area contributed by atoms with Crippen LogP contribution in [0.5, 0.6) is 11.5 Å². The second-order valence-corrected chi connectivity index (χ2v) is 10.9. The van der Waals surface area contributed by atoms with Crippen LogP contribution in [0, 0.1) is 0 Å². The minimum Gasteiger partial charge on any atom is -0.480 e. The number of hydrogen-bond donors (Lipinski definition) is 1. The van der Waals surface area contributed by atoms with E-state index >= 15 is 0 Å². The Bertz CT molecular complexity index is 1440. The van der Waals surface area contributed by atoms with Crippen LogP contribution in [-0.2, 0) is 14.8 Å². The number of carbonyl (C=O) groups excluding carboxylic acids is 2. The number of para-hydroxylation sites is 1. The Balaban J connectivity index is 1.48. The van der Waals surface area contributed by atoms with Crippen molar-refractivity contribution >= 4 is 51.0 Å². The predicted octanol–water partition coefficient (Wildman–Crippen LogP) is 4.55. The minimum atomic E-state index is -4.24. The predicted molar refractivity (Wildman–Crippen MR) is 136 cm³/mol. The summed E-state index contributed by atoms with van der Waals surface area (Å²) in [6.45, 7) is -0.331. The van der Waals surface area contributed by atoms with E-state index < -0.39 is 33.8 Å². The fourth-order valence-electron chi connectivity index (χ4n) is 3.84. The molecule has 0 aliphatic carbocycles. The lowest BCUT2D eigenvalue weighted by Gasteiger charge is -2.25. The first-order valence-electron chi connectivity index (χ1n) is 10.9. The Labute approximate surface area is 222 Å². The van der Waals surface area contributed by atoms with Gasteiger partial charge in [-0.05, 0) is 55.0 Å². The lowest BCUT2D eigenvalue weighted by molar-refractivity contribution is -0.141. The number of rotatable bonds is 9. The monoisotopic (exact) mass is 562 g/mol. The van der Waals surface area contributed by atoms with Gasteiger partial charge in [-0.1, -0.05) is 41.4 Å². The van der Waals surface area contributed by atoms with E-state index in [1.54, 1.807) is 24.3 Å². The van der Waals surface area contributed by atoms with E-state index in [4.69, 9.17) is 27.9 Å². The molecule has 0 spiro atoms. The largest absolute Gasteiger partial charge is 0.480 e. The number of halogens is 2. The highest BCUT2D eigenvalue weighted by molar-refractivity contribution is 7.89. The molecular weight excluding hydrogens is 543 g/mol. The first-order valence-corrected chi connectivity index (χ1v) is 13.1. The van der Waals surface area contributed by atoms with Crippen molar-refractivity contribution in [1.82, 2.24) is 9.21 Å². The third-order valence-electron chi connectivity index (χ3n) is 5.84. The van der Waals surface area contributed by atoms with Gasteiger partial charge in [0.1, 0.15) is 17.5 Å². The van der Waals surface area contributed by atoms with E-state index in [1.807, 2.05) is 6.07 Å². The Hall–Kier alpha value is -3.44. The summed E-state index contributed by atoms with van der Waals surface area (Å²) in [5.74, 6) is -1.80. The molecule has 1 aliphatic heterocycles. The number of sulfonamides is 1. The van der Waals surface area contributed by atoms with E-state index in [-0.39, 0.29) is 39.0 Å². The summed E-state index contributed by atoms with van der Waals surface area (Å²) in [7, 11) is -3.11. The topological polar surface area (TPSA) is 121 Å². The molecule has 0 aromatic heterocycles. The SMILES string of the molecule is CN(C(CCN1C(=O)c2cc(Cl)c(Cl)cc2C1=O)C(=O)O)S(=O)(=O)c1ccc(Oc2ccccc2)cc1. The quantitative estimate of drug-likeness (QED) is 0.380. The lowest BCUT2D eigenvalue weighted by atomic mass is 10.1. The molecular formula is C25H20Cl2N2O7S. The number of ether oxygens (including phenoxy) is 1. The van der Waals surface area contributed by atoms with Crippen LogP contribution in [0.1, 0.15) is 27.1 Å². The number of hydrogen-bond acceptors (Lipinski definition) is 6. The second kappa shape index (κ2) is 10.5. The standard InChI is InChI=1S/C25H20Cl2N2O7S/c1-28(37(34,35)17-9-7-16(8-10-17)36-15-5-3-2-4-6-15)22(25(32)33)11-12-29-23(30)18-13-20(26)21(27)14-19(18)24(29)31/h2-10,13-14,22H,11-12H2,1H3,(H,32,33). The molecule has 0 saturated carbocycles. The van der Waals surface area contributed by atoms with Gasteiger partial charge in [0.15, 0.2) is 0 Å². The van der Waals surface area contributed by atoms with Gasteiger partial charge in [0.2, 0.25) is 10.0 Å². The summed E-state index contributed by atoms with van der Waals surface area (Å²) in [6.07, 6.45) is -0.340. The van der Waals surface area contributed by atoms with Crippen molar-refractivity contribution in [3.63, 3.8) is 0 Å². The molecule has 1 heterocycles. The molecule has 192 valence electrons. The van der Waals surface area contributed by atoms with Gasteiger partial charge in [0, 0.05) is 13.6 Å². The summed E-state index contributed by atoms with van der Waals surface area (Å²) < 4.78 is 32.7. The highest BCUT2D eigenvalue weighted by atomic mass is 35.5. The number of fused-ring (bicyclic) bond motifs is 1. The molecule has 0 fully saturated rings. The van der Waals surface area contributed by atoms with Gasteiger partial charge in [-0.3, -0.25) is 19.3 Å². The molecule has 12 heteroatoms. The van der Waals surface area contributed by atoms with Crippen LogP contribution in [0.4, 0.5) is 0 Å². The molecule has 0 saturated heterocycles. The fraction of sp³-hybridized carbons (Fsp3) is 0.160. The number of carboxylic acids is 1. The Morgan fingerprint density at radius 3 is 1.97 bits per heavy atom. The van der Waals surface area contributed by atoms with Crippen molar-refractivity contribution in [3.8, 4) is 11.5 Å². The molecule has 0 bridgehead atoms. The molecule has 37 heavy (non-hydrogen) atoms. The van der Waals surface area contributed by atoms with Gasteiger partial charge in [-0.15, -0.1) is 0 Å². The van der Waals surface area contributed by atoms with Gasteiger partial charge in [-0.2, -0.15) is 4.31 Å². The van der Waals surface area contributed by atoms with Crippen LogP contribution in [-0.4, -0.2) is 60.1 Å². The van der Waals surface area contributed by atoms with Crippen molar-refractivity contribution in [2.45, 2.75) is 17.4 Å². The number of carboxylic acid groups (broad SMARTS) is 1. The van der Waals surface area contributed by atoms with Crippen LogP contribution < -0.4 is 4.74 Å². The molecule has 4 rings (SSSR count). The fourth-order valence-corrected chi connectivity index (χ4v) is 5.51. The lowest BCUT2D eigenvalue weighted by Crippen LogP contribution is -2.45. The highest BCUT2D eigenvalue weighted by Gasteiger charge is 2.39. The van der Waals surface area contributed by atoms with E-state index in [2.05, 4.69) is 0 Å². The van der Waals surface area contributed by atoms with Gasteiger partial charge in [0.25, 0.3) is 11.8 Å². The average molecular weight is 563 g/mol. The molecule has 9 nitrogen and oxygen atoms in total. The number of aliphatic carboxylic acids is 1. The van der Waals surface area contributed by atoms with E-state index in [0.29, 0.717) is 15.8 Å². The summed E-state index contributed by atoms with van der Waals surface area (Å²) in [6, 6.07) is 15.4. The first-order chi connectivity index (χ1) is 17.5. The maximum absolute atomic E-state index is 13.2. The van der Waals surface area contributed by atoms with Crippen LogP contribution in [0.15, 0.2) is 71.6 Å². The maximum atomic E-state index is 13.2. The molecule has 2 amide bonds. The van der Waals surface area contributed by atoms with Gasteiger partial charge in [-0.25, -0.2) is 8.42 Å². The molecule has 1 atom stereocenters. The Kier molecular flexibility index (Phi) is 7.56. The number of nitrogens with zero attached hydrogens (tertiary/aromatic N) is 2. The summed E-state index contributed by atoms with van der Waals surface area (Å²) >= 11 is 11.9. The number of amides is 2. The Morgan fingerprint density at radius 2 is 1.46 bits per heavy atom. The zero-order valence-electron chi connectivity index (χ0n) is 19.3. The minimum absolute atomic E-state index is 0.0464. The van der Waals surface area contributed by atoms with E-state index in [0.717, 1.165) is 11.9 Å².